The zero-order valence-corrected chi connectivity index (χ0v) is 11.3. The summed E-state index contributed by atoms with van der Waals surface area (Å²) in [7, 11) is 0. The number of rotatable bonds is 2. The smallest absolute Gasteiger partial charge is 0.160 e. The van der Waals surface area contributed by atoms with E-state index in [2.05, 4.69) is 41.9 Å². The summed E-state index contributed by atoms with van der Waals surface area (Å²) in [6.07, 6.45) is 3.25. The summed E-state index contributed by atoms with van der Waals surface area (Å²) in [5.74, 6) is 0. The van der Waals surface area contributed by atoms with Gasteiger partial charge < -0.3 is 0 Å². The van der Waals surface area contributed by atoms with E-state index < -0.39 is 0 Å². The molecule has 76 valence electrons. The number of halogens is 2. The Morgan fingerprint density at radius 1 is 1.53 bits per heavy atom. The van der Waals surface area contributed by atoms with E-state index in [1.54, 1.807) is 28.4 Å². The van der Waals surface area contributed by atoms with Crippen LogP contribution in [0.2, 0.25) is 0 Å². The van der Waals surface area contributed by atoms with Crippen LogP contribution in [0.4, 0.5) is 0 Å². The van der Waals surface area contributed by atoms with Crippen LogP contribution in [0, 0.1) is 11.3 Å². The van der Waals surface area contributed by atoms with Crippen molar-refractivity contribution in [3.63, 3.8) is 0 Å². The Hall–Kier alpha value is -0.710. The average molecular weight is 348 g/mol. The topological polar surface area (TPSA) is 54.5 Å². The summed E-state index contributed by atoms with van der Waals surface area (Å²) >= 11 is 8.21. The van der Waals surface area contributed by atoms with Gasteiger partial charge in [0.1, 0.15) is 10.7 Å². The summed E-state index contributed by atoms with van der Waals surface area (Å²) in [6.45, 7) is 0.617. The molecule has 0 saturated heterocycles. The van der Waals surface area contributed by atoms with Gasteiger partial charge in [0.15, 0.2) is 3.92 Å². The first kappa shape index (κ1) is 10.8. The van der Waals surface area contributed by atoms with E-state index in [4.69, 9.17) is 5.26 Å². The first-order valence-electron chi connectivity index (χ1n) is 3.92. The van der Waals surface area contributed by atoms with Gasteiger partial charge >= 0.3 is 0 Å². The Kier molecular flexibility index (Phi) is 3.19. The molecule has 7 heteroatoms. The maximum Gasteiger partial charge on any atom is 0.160 e. The van der Waals surface area contributed by atoms with Crippen LogP contribution in [0.5, 0.6) is 0 Å². The van der Waals surface area contributed by atoms with Gasteiger partial charge in [0.25, 0.3) is 0 Å². The fourth-order valence-corrected chi connectivity index (χ4v) is 3.39. The van der Waals surface area contributed by atoms with E-state index in [-0.39, 0.29) is 0 Å². The normalized spacial score (nSPS) is 10.2. The molecule has 0 radical (unpaired) electrons. The molecule has 0 spiro atoms. The standard InChI is InChI=1S/C8H4Br2N4S/c9-7-6(15-8(10)13-7)4-14-3-5(1-11)2-12-14/h2-3H,4H2. The van der Waals surface area contributed by atoms with Gasteiger partial charge in [-0.15, -0.1) is 11.3 Å². The molecule has 0 aliphatic heterocycles. The van der Waals surface area contributed by atoms with Gasteiger partial charge in [0.05, 0.1) is 23.2 Å². The summed E-state index contributed by atoms with van der Waals surface area (Å²) in [4.78, 5) is 5.24. The van der Waals surface area contributed by atoms with Crippen molar-refractivity contribution in [2.75, 3.05) is 0 Å². The number of nitrogens with zero attached hydrogens (tertiary/aromatic N) is 4. The molecular weight excluding hydrogens is 344 g/mol. The molecule has 0 amide bonds. The Balaban J connectivity index is 2.22. The molecule has 0 aliphatic rings. The van der Waals surface area contributed by atoms with Gasteiger partial charge in [-0.25, -0.2) is 4.98 Å². The molecule has 2 aromatic heterocycles. The minimum atomic E-state index is 0.565. The fourth-order valence-electron chi connectivity index (χ4n) is 1.06. The minimum absolute atomic E-state index is 0.565. The van der Waals surface area contributed by atoms with E-state index in [1.165, 1.54) is 0 Å². The minimum Gasteiger partial charge on any atom is -0.266 e. The van der Waals surface area contributed by atoms with E-state index in [9.17, 15) is 0 Å². The second kappa shape index (κ2) is 4.43. The van der Waals surface area contributed by atoms with E-state index in [0.29, 0.717) is 12.1 Å². The zero-order valence-electron chi connectivity index (χ0n) is 7.31. The molecule has 0 fully saturated rings. The molecule has 0 unspecified atom stereocenters. The van der Waals surface area contributed by atoms with Crippen LogP contribution in [0.15, 0.2) is 20.9 Å². The van der Waals surface area contributed by atoms with Crippen LogP contribution in [-0.2, 0) is 6.54 Å². The number of hydrogen-bond acceptors (Lipinski definition) is 4. The first-order chi connectivity index (χ1) is 7.19. The van der Waals surface area contributed by atoms with Crippen LogP contribution in [0.25, 0.3) is 0 Å². The van der Waals surface area contributed by atoms with Crippen LogP contribution >= 0.6 is 43.2 Å². The van der Waals surface area contributed by atoms with Crippen molar-refractivity contribution in [3.05, 3.63) is 31.4 Å². The average Bonchev–Trinajstić information content (AvgIpc) is 2.75. The highest BCUT2D eigenvalue weighted by molar-refractivity contribution is 9.11. The largest absolute Gasteiger partial charge is 0.266 e. The Morgan fingerprint density at radius 2 is 2.33 bits per heavy atom. The summed E-state index contributed by atoms with van der Waals surface area (Å²) in [6, 6.07) is 2.04. The van der Waals surface area contributed by atoms with Crippen LogP contribution in [-0.4, -0.2) is 14.8 Å². The van der Waals surface area contributed by atoms with Crippen molar-refractivity contribution in [1.82, 2.24) is 14.8 Å². The lowest BCUT2D eigenvalue weighted by molar-refractivity contribution is 0.691. The predicted molar refractivity (Wildman–Crippen MR) is 63.6 cm³/mol. The molecule has 2 aromatic rings. The summed E-state index contributed by atoms with van der Waals surface area (Å²) < 4.78 is 3.36. The van der Waals surface area contributed by atoms with Crippen molar-refractivity contribution in [3.8, 4) is 6.07 Å². The second-order valence-electron chi connectivity index (χ2n) is 2.72. The molecule has 4 nitrogen and oxygen atoms in total. The fraction of sp³-hybridized carbons (Fsp3) is 0.125. The molecule has 0 saturated carbocycles. The van der Waals surface area contributed by atoms with Crippen molar-refractivity contribution in [2.24, 2.45) is 0 Å². The number of aromatic nitrogens is 3. The van der Waals surface area contributed by atoms with Gasteiger partial charge in [-0.3, -0.25) is 4.68 Å². The Morgan fingerprint density at radius 3 is 2.87 bits per heavy atom. The molecule has 0 N–H and O–H groups in total. The van der Waals surface area contributed by atoms with Gasteiger partial charge in [0, 0.05) is 6.20 Å². The Labute approximate surface area is 107 Å². The molecule has 2 rings (SSSR count). The number of thiazole rings is 1. The molecule has 0 aromatic carbocycles. The van der Waals surface area contributed by atoms with Gasteiger partial charge in [0.2, 0.25) is 0 Å². The second-order valence-corrected chi connectivity index (χ2v) is 5.83. The quantitative estimate of drug-likeness (QED) is 0.839. The highest BCUT2D eigenvalue weighted by Crippen LogP contribution is 2.27. The molecular formula is C8H4Br2N4S. The van der Waals surface area contributed by atoms with Crippen LogP contribution in [0.1, 0.15) is 10.4 Å². The maximum absolute atomic E-state index is 8.65. The van der Waals surface area contributed by atoms with Gasteiger partial charge in [-0.1, -0.05) is 0 Å². The van der Waals surface area contributed by atoms with Crippen LogP contribution in [0.3, 0.4) is 0 Å². The van der Waals surface area contributed by atoms with Crippen molar-refractivity contribution in [2.45, 2.75) is 6.54 Å². The van der Waals surface area contributed by atoms with E-state index >= 15 is 0 Å². The third-order valence-corrected chi connectivity index (χ3v) is 4.10. The third kappa shape index (κ3) is 2.45. The van der Waals surface area contributed by atoms with E-state index in [0.717, 1.165) is 13.4 Å². The summed E-state index contributed by atoms with van der Waals surface area (Å²) in [5, 5.41) is 12.7. The van der Waals surface area contributed by atoms with Gasteiger partial charge in [-0.05, 0) is 31.9 Å². The van der Waals surface area contributed by atoms with Crippen LogP contribution < -0.4 is 0 Å². The predicted octanol–water partition coefficient (Wildman–Crippen LogP) is 2.78. The van der Waals surface area contributed by atoms with Crippen molar-refractivity contribution in [1.29, 1.82) is 5.26 Å². The molecule has 0 aliphatic carbocycles. The first-order valence-corrected chi connectivity index (χ1v) is 6.32. The zero-order chi connectivity index (χ0) is 10.8. The molecule has 2 heterocycles. The summed E-state index contributed by atoms with van der Waals surface area (Å²) in [5.41, 5.74) is 0.565. The SMILES string of the molecule is N#Cc1cnn(Cc2sc(Br)nc2Br)c1. The lowest BCUT2D eigenvalue weighted by Gasteiger charge is -1.96. The number of nitriles is 1. The highest BCUT2D eigenvalue weighted by atomic mass is 79.9. The molecule has 15 heavy (non-hydrogen) atoms. The van der Waals surface area contributed by atoms with Gasteiger partial charge in [-0.2, -0.15) is 10.4 Å². The maximum atomic E-state index is 8.65. The van der Waals surface area contributed by atoms with Crippen molar-refractivity contribution >= 4 is 43.2 Å². The lowest BCUT2D eigenvalue weighted by atomic mass is 10.4. The highest BCUT2D eigenvalue weighted by Gasteiger charge is 2.08. The monoisotopic (exact) mass is 346 g/mol. The third-order valence-electron chi connectivity index (χ3n) is 1.69. The molecule has 0 atom stereocenters. The number of hydrogen-bond donors (Lipinski definition) is 0. The Bertz CT molecular complexity index is 525. The molecule has 0 bridgehead atoms. The lowest BCUT2D eigenvalue weighted by Crippen LogP contribution is -1.98. The van der Waals surface area contributed by atoms with E-state index in [1.807, 2.05) is 6.07 Å². The van der Waals surface area contributed by atoms with Crippen molar-refractivity contribution < 1.29 is 0 Å².